The predicted octanol–water partition coefficient (Wildman–Crippen LogP) is 3.39. The Bertz CT molecular complexity index is 1060. The number of hydrogen-bond donors (Lipinski definition) is 2. The Hall–Kier alpha value is -3.37. The zero-order valence-electron chi connectivity index (χ0n) is 14.2. The van der Waals surface area contributed by atoms with Crippen molar-refractivity contribution >= 4 is 16.9 Å². The highest BCUT2D eigenvalue weighted by atomic mass is 32.1. The fraction of sp³-hybridized carbons (Fsp3) is 0.150. The van der Waals surface area contributed by atoms with Crippen molar-refractivity contribution in [2.75, 3.05) is 0 Å². The summed E-state index contributed by atoms with van der Waals surface area (Å²) < 4.78 is 0. The molecule has 0 saturated carbocycles. The van der Waals surface area contributed by atoms with Crippen LogP contribution in [0.3, 0.4) is 0 Å². The average molecular weight is 358 g/mol. The molecule has 0 aliphatic carbocycles. The van der Waals surface area contributed by atoms with E-state index in [1.54, 1.807) is 47.7 Å². The van der Waals surface area contributed by atoms with E-state index in [0.29, 0.717) is 11.1 Å². The lowest BCUT2D eigenvalue weighted by Crippen LogP contribution is -2.38. The molecule has 2 aromatic rings. The molecule has 2 N–H and O–H groups in total. The first-order chi connectivity index (χ1) is 12.5. The van der Waals surface area contributed by atoms with E-state index >= 15 is 0 Å². The van der Waals surface area contributed by atoms with E-state index in [4.69, 9.17) is 0 Å². The molecule has 0 saturated heterocycles. The van der Waals surface area contributed by atoms with Crippen LogP contribution in [0.15, 0.2) is 53.2 Å². The highest BCUT2D eigenvalue weighted by molar-refractivity contribution is 7.12. The molecular weight excluding hydrogens is 344 g/mol. The van der Waals surface area contributed by atoms with E-state index < -0.39 is 5.72 Å². The van der Waals surface area contributed by atoms with Crippen molar-refractivity contribution in [3.8, 4) is 18.2 Å². The SMILES string of the molecule is Cc1cc(C2=C(C#N)C(=C(C#N)C#N)NC2(O)c2ccccc2)c(C)s1. The van der Waals surface area contributed by atoms with Gasteiger partial charge in [0.1, 0.15) is 18.2 Å². The van der Waals surface area contributed by atoms with Crippen LogP contribution in [-0.4, -0.2) is 5.11 Å². The van der Waals surface area contributed by atoms with Crippen molar-refractivity contribution in [2.45, 2.75) is 19.6 Å². The van der Waals surface area contributed by atoms with Crippen LogP contribution in [0.5, 0.6) is 0 Å². The lowest BCUT2D eigenvalue weighted by atomic mass is 9.89. The van der Waals surface area contributed by atoms with Gasteiger partial charge in [0.25, 0.3) is 0 Å². The Morgan fingerprint density at radius 3 is 2.27 bits per heavy atom. The Balaban J connectivity index is 2.41. The van der Waals surface area contributed by atoms with Crippen LogP contribution in [0.2, 0.25) is 0 Å². The number of rotatable bonds is 2. The second-order valence-electron chi connectivity index (χ2n) is 5.86. The maximum atomic E-state index is 11.6. The van der Waals surface area contributed by atoms with Crippen LogP contribution >= 0.6 is 11.3 Å². The minimum Gasteiger partial charge on any atom is -0.363 e. The van der Waals surface area contributed by atoms with Gasteiger partial charge in [0.05, 0.1) is 11.3 Å². The molecule has 1 aromatic heterocycles. The summed E-state index contributed by atoms with van der Waals surface area (Å²) in [5.41, 5.74) is -0.165. The Kier molecular flexibility index (Phi) is 4.36. The summed E-state index contributed by atoms with van der Waals surface area (Å²) in [5, 5.41) is 42.7. The van der Waals surface area contributed by atoms with E-state index in [2.05, 4.69) is 11.4 Å². The van der Waals surface area contributed by atoms with Crippen LogP contribution < -0.4 is 5.32 Å². The van der Waals surface area contributed by atoms with Crippen molar-refractivity contribution in [1.82, 2.24) is 5.32 Å². The lowest BCUT2D eigenvalue weighted by Gasteiger charge is -2.28. The van der Waals surface area contributed by atoms with Gasteiger partial charge in [-0.25, -0.2) is 0 Å². The molecular formula is C20H14N4OS. The van der Waals surface area contributed by atoms with Crippen molar-refractivity contribution in [2.24, 2.45) is 0 Å². The van der Waals surface area contributed by atoms with Crippen molar-refractivity contribution in [3.05, 3.63) is 74.1 Å². The van der Waals surface area contributed by atoms with Crippen molar-refractivity contribution in [3.63, 3.8) is 0 Å². The Morgan fingerprint density at radius 1 is 1.12 bits per heavy atom. The maximum absolute atomic E-state index is 11.6. The third-order valence-corrected chi connectivity index (χ3v) is 5.22. The molecule has 1 aliphatic rings. The molecule has 1 unspecified atom stereocenters. The van der Waals surface area contributed by atoms with E-state index in [1.165, 1.54) is 0 Å². The van der Waals surface area contributed by atoms with E-state index in [9.17, 15) is 20.9 Å². The summed E-state index contributed by atoms with van der Waals surface area (Å²) in [6.07, 6.45) is 0. The van der Waals surface area contributed by atoms with Gasteiger partial charge in [0, 0.05) is 20.9 Å². The number of nitrogens with zero attached hydrogens (tertiary/aromatic N) is 3. The molecule has 2 heterocycles. The summed E-state index contributed by atoms with van der Waals surface area (Å²) in [4.78, 5) is 1.98. The van der Waals surface area contributed by atoms with Crippen molar-refractivity contribution in [1.29, 1.82) is 15.8 Å². The average Bonchev–Trinajstić information content (AvgIpc) is 3.13. The van der Waals surface area contributed by atoms with E-state index in [0.717, 1.165) is 15.3 Å². The third-order valence-electron chi connectivity index (χ3n) is 4.25. The first-order valence-electron chi connectivity index (χ1n) is 7.79. The monoisotopic (exact) mass is 358 g/mol. The molecule has 0 bridgehead atoms. The quantitative estimate of drug-likeness (QED) is 0.801. The summed E-state index contributed by atoms with van der Waals surface area (Å²) in [6.45, 7) is 3.86. The summed E-state index contributed by atoms with van der Waals surface area (Å²) in [7, 11) is 0. The molecule has 1 atom stereocenters. The minimum absolute atomic E-state index is 0.0575. The highest BCUT2D eigenvalue weighted by Gasteiger charge is 2.45. The zero-order chi connectivity index (χ0) is 18.9. The standard InChI is InChI=1S/C20H14N4OS/c1-12-8-16(13(2)26-12)18-17(11-23)19(14(9-21)10-22)24-20(18,25)15-6-4-3-5-7-15/h3-8,24-25H,1-2H3. The largest absolute Gasteiger partial charge is 0.363 e. The van der Waals surface area contributed by atoms with Gasteiger partial charge in [0.15, 0.2) is 11.3 Å². The van der Waals surface area contributed by atoms with E-state index in [-0.39, 0.29) is 16.8 Å². The third kappa shape index (κ3) is 2.57. The maximum Gasteiger partial charge on any atom is 0.191 e. The number of aryl methyl sites for hydroxylation is 2. The van der Waals surface area contributed by atoms with Gasteiger partial charge in [-0.05, 0) is 25.5 Å². The van der Waals surface area contributed by atoms with Gasteiger partial charge in [0.2, 0.25) is 0 Å². The first-order valence-corrected chi connectivity index (χ1v) is 8.61. The smallest absolute Gasteiger partial charge is 0.191 e. The van der Waals surface area contributed by atoms with Crippen LogP contribution in [0.1, 0.15) is 20.9 Å². The number of nitriles is 3. The molecule has 0 amide bonds. The number of thiophene rings is 1. The molecule has 3 rings (SSSR count). The molecule has 0 radical (unpaired) electrons. The molecule has 126 valence electrons. The number of allylic oxidation sites excluding steroid dienone is 2. The van der Waals surface area contributed by atoms with Crippen LogP contribution in [0.4, 0.5) is 0 Å². The number of aliphatic hydroxyl groups is 1. The summed E-state index contributed by atoms with van der Waals surface area (Å²) in [6, 6.07) is 16.4. The number of hydrogen-bond acceptors (Lipinski definition) is 6. The molecule has 1 aliphatic heterocycles. The normalized spacial score (nSPS) is 18.7. The van der Waals surface area contributed by atoms with Crippen molar-refractivity contribution < 1.29 is 5.11 Å². The molecule has 1 aromatic carbocycles. The summed E-state index contributed by atoms with van der Waals surface area (Å²) >= 11 is 1.56. The minimum atomic E-state index is -1.71. The van der Waals surface area contributed by atoms with Gasteiger partial charge in [-0.3, -0.25) is 0 Å². The molecule has 0 spiro atoms. The topological polar surface area (TPSA) is 104 Å². The van der Waals surface area contributed by atoms with Crippen LogP contribution in [0.25, 0.3) is 5.57 Å². The lowest BCUT2D eigenvalue weighted by molar-refractivity contribution is 0.0810. The van der Waals surface area contributed by atoms with Crippen LogP contribution in [-0.2, 0) is 5.72 Å². The Labute approximate surface area is 155 Å². The van der Waals surface area contributed by atoms with Gasteiger partial charge < -0.3 is 10.4 Å². The second-order valence-corrected chi connectivity index (χ2v) is 7.32. The van der Waals surface area contributed by atoms with Gasteiger partial charge in [-0.2, -0.15) is 15.8 Å². The first kappa shape index (κ1) is 17.5. The second kappa shape index (κ2) is 6.50. The fourth-order valence-corrected chi connectivity index (χ4v) is 4.08. The Morgan fingerprint density at radius 2 is 1.77 bits per heavy atom. The predicted molar refractivity (Wildman–Crippen MR) is 98.1 cm³/mol. The molecule has 26 heavy (non-hydrogen) atoms. The van der Waals surface area contributed by atoms with Gasteiger partial charge in [-0.15, -0.1) is 11.3 Å². The van der Waals surface area contributed by atoms with Gasteiger partial charge >= 0.3 is 0 Å². The number of benzene rings is 1. The van der Waals surface area contributed by atoms with Gasteiger partial charge in [-0.1, -0.05) is 30.3 Å². The highest BCUT2D eigenvalue weighted by Crippen LogP contribution is 2.46. The molecule has 5 nitrogen and oxygen atoms in total. The van der Waals surface area contributed by atoms with E-state index in [1.807, 2.05) is 26.0 Å². The van der Waals surface area contributed by atoms with Crippen LogP contribution in [0, 0.1) is 47.8 Å². The molecule has 0 fully saturated rings. The zero-order valence-corrected chi connectivity index (χ0v) is 15.0. The number of nitrogens with one attached hydrogen (secondary N) is 1. The fourth-order valence-electron chi connectivity index (χ4n) is 3.15. The summed E-state index contributed by atoms with van der Waals surface area (Å²) in [5.74, 6) is 0. The molecule has 6 heteroatoms.